The van der Waals surface area contributed by atoms with E-state index >= 15 is 0 Å². The van der Waals surface area contributed by atoms with Crippen molar-refractivity contribution in [2.45, 2.75) is 24.7 Å². The van der Waals surface area contributed by atoms with Gasteiger partial charge in [0.15, 0.2) is 5.72 Å². The number of allylic oxidation sites excluding steroid dienone is 2. The molecule has 4 unspecified atom stereocenters. The van der Waals surface area contributed by atoms with E-state index < -0.39 is 17.7 Å². The number of nitrogens with two attached hydrogens (primary N) is 1. The highest BCUT2D eigenvalue weighted by Gasteiger charge is 2.72. The molecule has 11 heteroatoms. The fourth-order valence-corrected chi connectivity index (χ4v) is 4.91. The Morgan fingerprint density at radius 1 is 1.33 bits per heavy atom. The number of ether oxygens (including phenoxy) is 3. The van der Waals surface area contributed by atoms with Gasteiger partial charge in [0, 0.05) is 37.4 Å². The van der Waals surface area contributed by atoms with Crippen molar-refractivity contribution in [3.63, 3.8) is 0 Å². The lowest BCUT2D eigenvalue weighted by molar-refractivity contribution is -0.137. The van der Waals surface area contributed by atoms with Crippen LogP contribution in [0.2, 0.25) is 0 Å². The summed E-state index contributed by atoms with van der Waals surface area (Å²) in [5.41, 5.74) is 5.13. The van der Waals surface area contributed by atoms with Gasteiger partial charge in [-0.2, -0.15) is 0 Å². The number of ketones is 2. The molecule has 3 heterocycles. The van der Waals surface area contributed by atoms with Crippen LogP contribution < -0.4 is 16.4 Å². The fraction of sp³-hybridized carbons (Fsp3) is 0.632. The van der Waals surface area contributed by atoms with E-state index in [9.17, 15) is 19.5 Å². The number of piperazine rings is 1. The average Bonchev–Trinajstić information content (AvgIpc) is 3.33. The van der Waals surface area contributed by atoms with Crippen molar-refractivity contribution in [3.05, 3.63) is 22.5 Å². The number of hydrogen-bond acceptors (Lipinski definition) is 10. The second kappa shape index (κ2) is 7.65. The lowest BCUT2D eigenvalue weighted by Gasteiger charge is -2.39. The zero-order chi connectivity index (χ0) is 21.6. The molecule has 0 radical (unpaired) electrons. The molecule has 164 valence electrons. The molecule has 2 fully saturated rings. The summed E-state index contributed by atoms with van der Waals surface area (Å²) in [5.74, 6) is -1.16. The smallest absolute Gasteiger partial charge is 0.404 e. The molecular formula is C19H26N4O7. The van der Waals surface area contributed by atoms with E-state index in [1.165, 1.54) is 0 Å². The molecule has 0 bridgehead atoms. The van der Waals surface area contributed by atoms with Crippen LogP contribution in [0.5, 0.6) is 0 Å². The van der Waals surface area contributed by atoms with E-state index in [0.717, 1.165) is 0 Å². The molecule has 1 amide bonds. The van der Waals surface area contributed by atoms with E-state index in [1.54, 1.807) is 14.0 Å². The first-order valence-electron chi connectivity index (χ1n) is 9.86. The molecule has 0 saturated carbocycles. The number of carbonyl (C=O) groups is 3. The Bertz CT molecular complexity index is 854. The summed E-state index contributed by atoms with van der Waals surface area (Å²) in [6.07, 6.45) is -0.870. The number of carbonyl (C=O) groups excluding carboxylic acids is 3. The predicted octanol–water partition coefficient (Wildman–Crippen LogP) is -2.01. The molecule has 4 rings (SSSR count). The zero-order valence-electron chi connectivity index (χ0n) is 16.9. The summed E-state index contributed by atoms with van der Waals surface area (Å²) in [5, 5.41) is 16.4. The minimum absolute atomic E-state index is 0.0291. The molecule has 11 nitrogen and oxygen atoms in total. The maximum atomic E-state index is 13.3. The van der Waals surface area contributed by atoms with E-state index in [1.807, 2.05) is 4.90 Å². The van der Waals surface area contributed by atoms with Gasteiger partial charge < -0.3 is 40.6 Å². The van der Waals surface area contributed by atoms with Crippen LogP contribution in [0.3, 0.4) is 0 Å². The highest BCUT2D eigenvalue weighted by molar-refractivity contribution is 6.25. The van der Waals surface area contributed by atoms with Crippen LogP contribution in [0.4, 0.5) is 4.79 Å². The van der Waals surface area contributed by atoms with Crippen molar-refractivity contribution >= 4 is 17.7 Å². The van der Waals surface area contributed by atoms with E-state index in [-0.39, 0.29) is 62.3 Å². The van der Waals surface area contributed by atoms with Crippen molar-refractivity contribution in [2.75, 3.05) is 46.6 Å². The van der Waals surface area contributed by atoms with Crippen LogP contribution in [0.15, 0.2) is 22.5 Å². The summed E-state index contributed by atoms with van der Waals surface area (Å²) < 4.78 is 15.7. The van der Waals surface area contributed by atoms with Crippen molar-refractivity contribution < 1.29 is 33.7 Å². The third-order valence-electron chi connectivity index (χ3n) is 6.24. The highest BCUT2D eigenvalue weighted by atomic mass is 16.6. The first-order valence-corrected chi connectivity index (χ1v) is 9.86. The standard InChI is InChI=1S/C19H26N4O7/c1-9-13(21-3-4-29-5-6-30-18(20)27)16(26)12-10(8-24)19(28-2)17-11(22-17)7-23(19)14(12)15(9)25/h10-11,17,21-22,24H,3-8H2,1-2H3,(H2,20,27). The van der Waals surface area contributed by atoms with Crippen molar-refractivity contribution in [1.29, 1.82) is 0 Å². The minimum atomic E-state index is -0.922. The Hall–Kier alpha value is -2.47. The Morgan fingerprint density at radius 3 is 2.77 bits per heavy atom. The number of aliphatic hydroxyl groups is 1. The number of nitrogens with zero attached hydrogens (tertiary/aromatic N) is 1. The summed E-state index contributed by atoms with van der Waals surface area (Å²) >= 11 is 0. The molecule has 1 aliphatic carbocycles. The van der Waals surface area contributed by atoms with E-state index in [0.29, 0.717) is 23.4 Å². The third-order valence-corrected chi connectivity index (χ3v) is 6.24. The number of Topliss-reactive ketones (excluding diaryl/α,β-unsaturated/α-hetero) is 2. The topological polar surface area (TPSA) is 162 Å². The van der Waals surface area contributed by atoms with Gasteiger partial charge in [0.2, 0.25) is 11.6 Å². The lowest BCUT2D eigenvalue weighted by atomic mass is 9.82. The average molecular weight is 422 g/mol. The number of rotatable bonds is 9. The molecule has 4 aliphatic rings. The van der Waals surface area contributed by atoms with Gasteiger partial charge in [-0.25, -0.2) is 4.79 Å². The van der Waals surface area contributed by atoms with Gasteiger partial charge in [-0.05, 0) is 6.92 Å². The van der Waals surface area contributed by atoms with Gasteiger partial charge in [0.25, 0.3) is 0 Å². The Morgan fingerprint density at radius 2 is 2.10 bits per heavy atom. The maximum Gasteiger partial charge on any atom is 0.404 e. The van der Waals surface area contributed by atoms with Crippen molar-refractivity contribution in [1.82, 2.24) is 15.5 Å². The monoisotopic (exact) mass is 422 g/mol. The molecule has 0 aromatic carbocycles. The van der Waals surface area contributed by atoms with Crippen molar-refractivity contribution in [2.24, 2.45) is 11.7 Å². The fourth-order valence-electron chi connectivity index (χ4n) is 4.91. The van der Waals surface area contributed by atoms with Crippen LogP contribution >= 0.6 is 0 Å². The zero-order valence-corrected chi connectivity index (χ0v) is 16.9. The highest BCUT2D eigenvalue weighted by Crippen LogP contribution is 2.55. The van der Waals surface area contributed by atoms with Crippen LogP contribution in [0.25, 0.3) is 0 Å². The van der Waals surface area contributed by atoms with E-state index in [2.05, 4.69) is 15.4 Å². The molecule has 4 atom stereocenters. The third kappa shape index (κ3) is 2.92. The molecule has 30 heavy (non-hydrogen) atoms. The summed E-state index contributed by atoms with van der Waals surface area (Å²) in [6.45, 7) is 2.58. The number of aliphatic hydroxyl groups excluding tert-OH is 1. The van der Waals surface area contributed by atoms with E-state index in [4.69, 9.17) is 15.2 Å². The number of methoxy groups -OCH3 is 1. The van der Waals surface area contributed by atoms with Gasteiger partial charge in [0.1, 0.15) is 6.61 Å². The Kier molecular flexibility index (Phi) is 5.30. The van der Waals surface area contributed by atoms with Crippen LogP contribution in [-0.4, -0.2) is 92.1 Å². The molecule has 5 N–H and O–H groups in total. The largest absolute Gasteiger partial charge is 0.447 e. The number of amides is 1. The van der Waals surface area contributed by atoms with Gasteiger partial charge in [0.05, 0.1) is 43.2 Å². The number of hydrogen-bond donors (Lipinski definition) is 4. The van der Waals surface area contributed by atoms with Crippen LogP contribution in [0, 0.1) is 5.92 Å². The normalized spacial score (nSPS) is 31.7. The number of nitrogens with one attached hydrogen (secondary N) is 2. The molecule has 0 spiro atoms. The van der Waals surface area contributed by atoms with Crippen LogP contribution in [-0.2, 0) is 23.8 Å². The molecule has 3 aliphatic heterocycles. The Labute approximate surface area is 173 Å². The van der Waals surface area contributed by atoms with Gasteiger partial charge >= 0.3 is 6.09 Å². The summed E-state index contributed by atoms with van der Waals surface area (Å²) in [6, 6.07) is 0.161. The van der Waals surface area contributed by atoms with Crippen LogP contribution in [0.1, 0.15) is 6.92 Å². The summed E-state index contributed by atoms with van der Waals surface area (Å²) in [4.78, 5) is 38.9. The number of primary amides is 1. The SMILES string of the molecule is COC12C(CO)C3=C(C(=O)C(C)=C(NCCOCCOC(N)=O)C3=O)N1CC1NC12. The first kappa shape index (κ1) is 20.8. The second-order valence-corrected chi connectivity index (χ2v) is 7.68. The second-order valence-electron chi connectivity index (χ2n) is 7.68. The minimum Gasteiger partial charge on any atom is -0.447 e. The molecule has 2 saturated heterocycles. The summed E-state index contributed by atoms with van der Waals surface area (Å²) in [7, 11) is 1.55. The molecule has 0 aromatic heterocycles. The maximum absolute atomic E-state index is 13.3. The molecular weight excluding hydrogens is 396 g/mol. The quantitative estimate of drug-likeness (QED) is 0.185. The number of fused-ring (bicyclic) bond motifs is 4. The Balaban J connectivity index is 1.46. The van der Waals surface area contributed by atoms with Gasteiger partial charge in [-0.3, -0.25) is 9.59 Å². The molecule has 0 aromatic rings. The lowest BCUT2D eigenvalue weighted by Crippen LogP contribution is -2.54. The first-order chi connectivity index (χ1) is 14.4. The predicted molar refractivity (Wildman–Crippen MR) is 102 cm³/mol. The van der Waals surface area contributed by atoms with Crippen molar-refractivity contribution in [3.8, 4) is 0 Å². The van der Waals surface area contributed by atoms with Gasteiger partial charge in [-0.1, -0.05) is 0 Å². The van der Waals surface area contributed by atoms with Gasteiger partial charge in [-0.15, -0.1) is 0 Å².